The van der Waals surface area contributed by atoms with Crippen LogP contribution in [0.3, 0.4) is 0 Å². The number of hydrogen-bond donors (Lipinski definition) is 2. The minimum Gasteiger partial charge on any atom is -0.353 e. The van der Waals surface area contributed by atoms with Crippen molar-refractivity contribution in [1.82, 2.24) is 10.6 Å². The molecule has 3 rings (SSSR count). The number of nitrogens with zero attached hydrogens (tertiary/aromatic N) is 1. The zero-order valence-corrected chi connectivity index (χ0v) is 9.41. The molecule has 0 aromatic heterocycles. The highest BCUT2D eigenvalue weighted by Crippen LogP contribution is 2.24. The second-order valence-electron chi connectivity index (χ2n) is 4.49. The molecule has 1 aliphatic heterocycles. The van der Waals surface area contributed by atoms with Crippen LogP contribution in [0.1, 0.15) is 24.4 Å². The van der Waals surface area contributed by atoms with E-state index in [1.54, 1.807) is 0 Å². The molecular weight excluding hydrogens is 240 g/mol. The summed E-state index contributed by atoms with van der Waals surface area (Å²) in [6.45, 7) is 0. The van der Waals surface area contributed by atoms with Crippen LogP contribution in [0.2, 0.25) is 0 Å². The summed E-state index contributed by atoms with van der Waals surface area (Å²) >= 11 is 0. The Bertz CT molecular complexity index is 520. The normalized spacial score (nSPS) is 22.7. The molecule has 1 heterocycles. The Morgan fingerprint density at radius 3 is 2.50 bits per heavy atom. The number of rotatable bonds is 2. The standard InChI is InChI=1S/C12H11F2N3O/c13-7-3-6(4-8(14)5-7)10-11(18)17-12(16-10)15-9-1-2-9/h3-5,9-10H,1-2H2,(H2,15,16,17,18). The molecule has 1 fully saturated rings. The lowest BCUT2D eigenvalue weighted by Crippen LogP contribution is -2.37. The predicted molar refractivity (Wildman–Crippen MR) is 60.8 cm³/mol. The molecule has 94 valence electrons. The van der Waals surface area contributed by atoms with Gasteiger partial charge < -0.3 is 5.32 Å². The Morgan fingerprint density at radius 2 is 1.89 bits per heavy atom. The second-order valence-corrected chi connectivity index (χ2v) is 4.49. The van der Waals surface area contributed by atoms with E-state index in [0.29, 0.717) is 12.0 Å². The van der Waals surface area contributed by atoms with E-state index in [0.717, 1.165) is 31.0 Å². The van der Waals surface area contributed by atoms with Gasteiger partial charge in [0.25, 0.3) is 5.91 Å². The van der Waals surface area contributed by atoms with Gasteiger partial charge in [-0.3, -0.25) is 10.1 Å². The van der Waals surface area contributed by atoms with Crippen LogP contribution in [0.4, 0.5) is 8.78 Å². The van der Waals surface area contributed by atoms with Gasteiger partial charge in [0.05, 0.1) is 0 Å². The third-order valence-electron chi connectivity index (χ3n) is 2.87. The Balaban J connectivity index is 1.85. The zero-order chi connectivity index (χ0) is 12.7. The molecule has 6 heteroatoms. The van der Waals surface area contributed by atoms with Crippen molar-refractivity contribution < 1.29 is 13.6 Å². The Morgan fingerprint density at radius 1 is 1.22 bits per heavy atom. The van der Waals surface area contributed by atoms with Crippen molar-refractivity contribution in [2.24, 2.45) is 4.99 Å². The van der Waals surface area contributed by atoms with Crippen LogP contribution in [0.25, 0.3) is 0 Å². The van der Waals surface area contributed by atoms with Gasteiger partial charge in [-0.15, -0.1) is 0 Å². The molecular formula is C12H11F2N3O. The highest BCUT2D eigenvalue weighted by Gasteiger charge is 2.31. The number of guanidine groups is 1. The molecule has 1 saturated carbocycles. The van der Waals surface area contributed by atoms with Crippen LogP contribution in [-0.4, -0.2) is 17.9 Å². The van der Waals surface area contributed by atoms with Gasteiger partial charge >= 0.3 is 0 Å². The van der Waals surface area contributed by atoms with Crippen molar-refractivity contribution >= 4 is 11.9 Å². The number of carbonyl (C=O) groups is 1. The summed E-state index contributed by atoms with van der Waals surface area (Å²) in [5, 5.41) is 5.61. The molecule has 2 aliphatic rings. The molecule has 2 N–H and O–H groups in total. The summed E-state index contributed by atoms with van der Waals surface area (Å²) in [6.07, 6.45) is 2.10. The lowest BCUT2D eigenvalue weighted by Gasteiger charge is -2.04. The molecule has 1 atom stereocenters. The maximum absolute atomic E-state index is 13.1. The highest BCUT2D eigenvalue weighted by molar-refractivity contribution is 6.05. The fraction of sp³-hybridized carbons (Fsp3) is 0.333. The van der Waals surface area contributed by atoms with E-state index >= 15 is 0 Å². The van der Waals surface area contributed by atoms with E-state index in [1.165, 1.54) is 0 Å². The maximum Gasteiger partial charge on any atom is 0.256 e. The van der Waals surface area contributed by atoms with E-state index in [-0.39, 0.29) is 11.5 Å². The minimum absolute atomic E-state index is 0.220. The Hall–Kier alpha value is -1.98. The SMILES string of the molecule is O=C1NC(NC2CC2)=NC1c1cc(F)cc(F)c1. The molecule has 1 amide bonds. The molecule has 0 radical (unpaired) electrons. The number of benzene rings is 1. The molecule has 1 aliphatic carbocycles. The first kappa shape index (κ1) is 11.1. The number of nitrogens with one attached hydrogen (secondary N) is 2. The van der Waals surface area contributed by atoms with Gasteiger partial charge in [0, 0.05) is 12.1 Å². The number of amides is 1. The van der Waals surface area contributed by atoms with Crippen LogP contribution in [-0.2, 0) is 4.79 Å². The predicted octanol–water partition coefficient (Wildman–Crippen LogP) is 1.24. The highest BCUT2D eigenvalue weighted by atomic mass is 19.1. The van der Waals surface area contributed by atoms with E-state index < -0.39 is 17.7 Å². The summed E-state index contributed by atoms with van der Waals surface area (Å²) < 4.78 is 26.2. The van der Waals surface area contributed by atoms with Crippen molar-refractivity contribution in [1.29, 1.82) is 0 Å². The summed E-state index contributed by atoms with van der Waals surface area (Å²) in [6, 6.07) is 2.49. The van der Waals surface area contributed by atoms with E-state index in [4.69, 9.17) is 0 Å². The average Bonchev–Trinajstić information content (AvgIpc) is 3.00. The fourth-order valence-electron chi connectivity index (χ4n) is 1.86. The van der Waals surface area contributed by atoms with Gasteiger partial charge in [-0.1, -0.05) is 0 Å². The Kier molecular flexibility index (Phi) is 2.50. The summed E-state index contributed by atoms with van der Waals surface area (Å²) in [4.78, 5) is 15.8. The quantitative estimate of drug-likeness (QED) is 0.831. The lowest BCUT2D eigenvalue weighted by atomic mass is 10.1. The van der Waals surface area contributed by atoms with E-state index in [9.17, 15) is 13.6 Å². The molecule has 4 nitrogen and oxygen atoms in total. The van der Waals surface area contributed by atoms with Crippen molar-refractivity contribution in [2.45, 2.75) is 24.9 Å². The first-order valence-electron chi connectivity index (χ1n) is 5.73. The Labute approximate surface area is 102 Å². The summed E-state index contributed by atoms with van der Waals surface area (Å²) in [7, 11) is 0. The fourth-order valence-corrected chi connectivity index (χ4v) is 1.86. The van der Waals surface area contributed by atoms with Crippen molar-refractivity contribution in [2.75, 3.05) is 0 Å². The number of hydrogen-bond acceptors (Lipinski definition) is 3. The molecule has 1 aromatic carbocycles. The first-order valence-corrected chi connectivity index (χ1v) is 5.73. The second kappa shape index (κ2) is 4.04. The average molecular weight is 251 g/mol. The number of carbonyl (C=O) groups excluding carboxylic acids is 1. The number of aliphatic imine (C=N–C) groups is 1. The van der Waals surface area contributed by atoms with Crippen molar-refractivity contribution in [3.05, 3.63) is 35.4 Å². The van der Waals surface area contributed by atoms with E-state index in [1.807, 2.05) is 0 Å². The molecule has 1 unspecified atom stereocenters. The largest absolute Gasteiger partial charge is 0.353 e. The monoisotopic (exact) mass is 251 g/mol. The van der Waals surface area contributed by atoms with Crippen LogP contribution in [0.15, 0.2) is 23.2 Å². The van der Waals surface area contributed by atoms with Crippen LogP contribution in [0.5, 0.6) is 0 Å². The first-order chi connectivity index (χ1) is 8.61. The van der Waals surface area contributed by atoms with Crippen LogP contribution in [0, 0.1) is 11.6 Å². The number of halogens is 2. The molecule has 0 bridgehead atoms. The van der Waals surface area contributed by atoms with Gasteiger partial charge in [-0.25, -0.2) is 13.8 Å². The summed E-state index contributed by atoms with van der Waals surface area (Å²) in [5.74, 6) is -1.41. The zero-order valence-electron chi connectivity index (χ0n) is 9.41. The van der Waals surface area contributed by atoms with Crippen LogP contribution < -0.4 is 10.6 Å². The summed E-state index contributed by atoms with van der Waals surface area (Å²) in [5.41, 5.74) is 0.220. The third kappa shape index (κ3) is 2.18. The van der Waals surface area contributed by atoms with Gasteiger partial charge in [0.2, 0.25) is 0 Å². The molecule has 0 spiro atoms. The van der Waals surface area contributed by atoms with Gasteiger partial charge in [0.1, 0.15) is 11.6 Å². The molecule has 0 saturated heterocycles. The lowest BCUT2D eigenvalue weighted by molar-refractivity contribution is -0.120. The van der Waals surface area contributed by atoms with Gasteiger partial charge in [-0.05, 0) is 30.5 Å². The molecule has 1 aromatic rings. The van der Waals surface area contributed by atoms with Gasteiger partial charge in [-0.2, -0.15) is 0 Å². The third-order valence-corrected chi connectivity index (χ3v) is 2.87. The minimum atomic E-state index is -0.878. The van der Waals surface area contributed by atoms with E-state index in [2.05, 4.69) is 15.6 Å². The van der Waals surface area contributed by atoms with Crippen LogP contribution >= 0.6 is 0 Å². The smallest absolute Gasteiger partial charge is 0.256 e. The van der Waals surface area contributed by atoms with Gasteiger partial charge in [0.15, 0.2) is 12.0 Å². The topological polar surface area (TPSA) is 53.5 Å². The molecule has 18 heavy (non-hydrogen) atoms. The van der Waals surface area contributed by atoms with Crippen molar-refractivity contribution in [3.8, 4) is 0 Å². The van der Waals surface area contributed by atoms with Crippen molar-refractivity contribution in [3.63, 3.8) is 0 Å². The maximum atomic E-state index is 13.1.